The molecule has 0 aliphatic carbocycles. The molecule has 1 fully saturated rings. The summed E-state index contributed by atoms with van der Waals surface area (Å²) >= 11 is 0. The second kappa shape index (κ2) is 7.41. The van der Waals surface area contributed by atoms with E-state index in [1.165, 1.54) is 14.1 Å². The lowest BCUT2D eigenvalue weighted by Gasteiger charge is -2.20. The van der Waals surface area contributed by atoms with E-state index in [2.05, 4.69) is 5.32 Å². The van der Waals surface area contributed by atoms with Crippen molar-refractivity contribution in [2.45, 2.75) is 13.0 Å². The number of hydrogen-bond donors (Lipinski definition) is 1. The van der Waals surface area contributed by atoms with Crippen LogP contribution in [0.2, 0.25) is 0 Å². The van der Waals surface area contributed by atoms with Gasteiger partial charge in [-0.25, -0.2) is 12.7 Å². The van der Waals surface area contributed by atoms with Gasteiger partial charge in [0.15, 0.2) is 11.2 Å². The number of hydrogen-bond acceptors (Lipinski definition) is 6. The van der Waals surface area contributed by atoms with E-state index in [0.29, 0.717) is 11.0 Å². The molecule has 2 heterocycles. The Balaban J connectivity index is 1.80. The van der Waals surface area contributed by atoms with E-state index in [9.17, 15) is 18.0 Å². The molecule has 1 aliphatic rings. The molecule has 146 valence electrons. The van der Waals surface area contributed by atoms with Gasteiger partial charge in [-0.3, -0.25) is 9.59 Å². The van der Waals surface area contributed by atoms with Crippen molar-refractivity contribution >= 4 is 26.9 Å². The van der Waals surface area contributed by atoms with Crippen LogP contribution in [0.5, 0.6) is 0 Å². The Kier molecular flexibility index (Phi) is 5.36. The van der Waals surface area contributed by atoms with Crippen molar-refractivity contribution in [3.05, 3.63) is 45.8 Å². The zero-order valence-corrected chi connectivity index (χ0v) is 16.2. The van der Waals surface area contributed by atoms with Gasteiger partial charge in [0.1, 0.15) is 5.58 Å². The van der Waals surface area contributed by atoms with Crippen LogP contribution in [0.3, 0.4) is 0 Å². The van der Waals surface area contributed by atoms with Gasteiger partial charge in [-0.1, -0.05) is 6.07 Å². The summed E-state index contributed by atoms with van der Waals surface area (Å²) in [6.07, 6.45) is 0. The molecule has 2 atom stereocenters. The Bertz CT molecular complexity index is 1030. The molecule has 0 unspecified atom stereocenters. The lowest BCUT2D eigenvalue weighted by molar-refractivity contribution is 0.0898. The molecule has 1 amide bonds. The summed E-state index contributed by atoms with van der Waals surface area (Å²) < 4.78 is 36.3. The van der Waals surface area contributed by atoms with Crippen LogP contribution in [-0.4, -0.2) is 57.7 Å². The third-order valence-corrected chi connectivity index (χ3v) is 6.57. The number of carbonyl (C=O) groups excluding carboxylic acids is 1. The van der Waals surface area contributed by atoms with Crippen LogP contribution < -0.4 is 10.7 Å². The maximum atomic E-state index is 12.6. The fourth-order valence-corrected chi connectivity index (χ4v) is 4.12. The van der Waals surface area contributed by atoms with Gasteiger partial charge in [0.05, 0.1) is 30.4 Å². The molecule has 1 aromatic heterocycles. The molecule has 1 aromatic carbocycles. The average molecular weight is 394 g/mol. The van der Waals surface area contributed by atoms with Crippen LogP contribution in [0.1, 0.15) is 16.1 Å². The maximum absolute atomic E-state index is 12.6. The highest BCUT2D eigenvalue weighted by Crippen LogP contribution is 2.19. The molecule has 0 saturated carbocycles. The third kappa shape index (κ3) is 4.20. The summed E-state index contributed by atoms with van der Waals surface area (Å²) in [5.41, 5.74) is 0.930. The van der Waals surface area contributed by atoms with E-state index in [-0.39, 0.29) is 36.1 Å². The minimum atomic E-state index is -3.43. The fourth-order valence-electron chi connectivity index (χ4n) is 2.96. The molecule has 1 N–H and O–H groups in total. The predicted octanol–water partition coefficient (Wildman–Crippen LogP) is 0.738. The smallest absolute Gasteiger partial charge is 0.287 e. The molecule has 0 radical (unpaired) electrons. The molecule has 8 nitrogen and oxygen atoms in total. The third-order valence-electron chi connectivity index (χ3n) is 4.60. The number of carbonyl (C=O) groups is 1. The first kappa shape index (κ1) is 19.5. The van der Waals surface area contributed by atoms with Crippen molar-refractivity contribution in [3.63, 3.8) is 0 Å². The van der Waals surface area contributed by atoms with Gasteiger partial charge in [-0.15, -0.1) is 0 Å². The van der Waals surface area contributed by atoms with Crippen LogP contribution in [0, 0.1) is 12.8 Å². The number of amides is 1. The molecule has 0 spiro atoms. The zero-order chi connectivity index (χ0) is 19.8. The van der Waals surface area contributed by atoms with E-state index in [1.807, 2.05) is 6.92 Å². The maximum Gasteiger partial charge on any atom is 0.287 e. The topological polar surface area (TPSA) is 106 Å². The number of nitrogens with one attached hydrogen (secondary N) is 1. The van der Waals surface area contributed by atoms with Crippen molar-refractivity contribution in [2.24, 2.45) is 5.92 Å². The average Bonchev–Trinajstić information content (AvgIpc) is 3.00. The summed E-state index contributed by atoms with van der Waals surface area (Å²) in [6.45, 7) is 2.30. The number of ether oxygens (including phenoxy) is 1. The first-order chi connectivity index (χ1) is 12.7. The number of sulfonamides is 1. The van der Waals surface area contributed by atoms with Gasteiger partial charge in [-0.2, -0.15) is 0 Å². The Morgan fingerprint density at radius 2 is 2.00 bits per heavy atom. The number of rotatable bonds is 5. The van der Waals surface area contributed by atoms with Gasteiger partial charge in [0, 0.05) is 26.1 Å². The van der Waals surface area contributed by atoms with Crippen molar-refractivity contribution in [1.29, 1.82) is 0 Å². The van der Waals surface area contributed by atoms with Gasteiger partial charge in [-0.05, 0) is 24.6 Å². The van der Waals surface area contributed by atoms with Crippen molar-refractivity contribution in [1.82, 2.24) is 9.62 Å². The van der Waals surface area contributed by atoms with Crippen LogP contribution in [0.4, 0.5) is 0 Å². The highest BCUT2D eigenvalue weighted by molar-refractivity contribution is 7.89. The molecule has 27 heavy (non-hydrogen) atoms. The molecule has 3 rings (SSSR count). The van der Waals surface area contributed by atoms with Crippen molar-refractivity contribution in [2.75, 3.05) is 33.1 Å². The van der Waals surface area contributed by atoms with E-state index >= 15 is 0 Å². The first-order valence-corrected chi connectivity index (χ1v) is 10.1. The second-order valence-corrected chi connectivity index (χ2v) is 9.14. The summed E-state index contributed by atoms with van der Waals surface area (Å²) in [5.74, 6) is -1.19. The summed E-state index contributed by atoms with van der Waals surface area (Å²) in [6, 6.07) is 5.81. The monoisotopic (exact) mass is 394 g/mol. The SMILES string of the molecule is Cc1ccc2c(=O)cc(C(=O)N[C@H]3COC[C@H]3CS(=O)(=O)N(C)C)oc2c1. The van der Waals surface area contributed by atoms with Gasteiger partial charge in [0.25, 0.3) is 5.91 Å². The fraction of sp³-hybridized carbons (Fsp3) is 0.444. The lowest BCUT2D eigenvalue weighted by Crippen LogP contribution is -2.43. The zero-order valence-electron chi connectivity index (χ0n) is 15.4. The highest BCUT2D eigenvalue weighted by Gasteiger charge is 2.34. The first-order valence-electron chi connectivity index (χ1n) is 8.50. The largest absolute Gasteiger partial charge is 0.451 e. The van der Waals surface area contributed by atoms with E-state index in [1.54, 1.807) is 18.2 Å². The summed E-state index contributed by atoms with van der Waals surface area (Å²) in [4.78, 5) is 24.8. The molecule has 0 bridgehead atoms. The summed E-state index contributed by atoms with van der Waals surface area (Å²) in [5, 5.41) is 3.13. The normalized spacial score (nSPS) is 20.3. The van der Waals surface area contributed by atoms with Crippen LogP contribution in [-0.2, 0) is 14.8 Å². The van der Waals surface area contributed by atoms with Gasteiger partial charge >= 0.3 is 0 Å². The van der Waals surface area contributed by atoms with E-state index in [4.69, 9.17) is 9.15 Å². The molecular weight excluding hydrogens is 372 g/mol. The molecule has 1 saturated heterocycles. The van der Waals surface area contributed by atoms with E-state index < -0.39 is 22.0 Å². The number of aryl methyl sites for hydroxylation is 1. The minimum Gasteiger partial charge on any atom is -0.451 e. The summed E-state index contributed by atoms with van der Waals surface area (Å²) in [7, 11) is -0.501. The lowest BCUT2D eigenvalue weighted by atomic mass is 10.1. The molecule has 2 aromatic rings. The number of benzene rings is 1. The Morgan fingerprint density at radius 3 is 2.70 bits per heavy atom. The predicted molar refractivity (Wildman–Crippen MR) is 100 cm³/mol. The Morgan fingerprint density at radius 1 is 1.26 bits per heavy atom. The van der Waals surface area contributed by atoms with Crippen LogP contribution in [0.15, 0.2) is 33.5 Å². The van der Waals surface area contributed by atoms with Crippen molar-refractivity contribution in [3.8, 4) is 0 Å². The Hall–Kier alpha value is -2.23. The second-order valence-electron chi connectivity index (χ2n) is 6.91. The number of nitrogens with zero attached hydrogens (tertiary/aromatic N) is 1. The highest BCUT2D eigenvalue weighted by atomic mass is 32.2. The van der Waals surface area contributed by atoms with Crippen LogP contribution in [0.25, 0.3) is 11.0 Å². The van der Waals surface area contributed by atoms with E-state index in [0.717, 1.165) is 15.9 Å². The number of fused-ring (bicyclic) bond motifs is 1. The van der Waals surface area contributed by atoms with Gasteiger partial charge < -0.3 is 14.5 Å². The minimum absolute atomic E-state index is 0.112. The van der Waals surface area contributed by atoms with Crippen LogP contribution >= 0.6 is 0 Å². The molecule has 1 aliphatic heterocycles. The quantitative estimate of drug-likeness (QED) is 0.802. The van der Waals surface area contributed by atoms with Gasteiger partial charge in [0.2, 0.25) is 10.0 Å². The molecule has 9 heteroatoms. The standard InChI is InChI=1S/C18H22N2O6S/c1-11-4-5-13-15(21)7-17(26-16(13)6-11)18(22)19-14-9-25-8-12(14)10-27(23,24)20(2)3/h4-7,12,14H,8-10H2,1-3H3,(H,19,22)/t12-,14-/m0/s1. The molecular formula is C18H22N2O6S. The van der Waals surface area contributed by atoms with Crippen molar-refractivity contribution < 1.29 is 22.4 Å². The Labute approximate surface area is 157 Å².